The van der Waals surface area contributed by atoms with Crippen LogP contribution >= 0.6 is 0 Å². The SMILES string of the molecule is COC(=O)C(CN)C(=O)OC(C)(C)C. The summed E-state index contributed by atoms with van der Waals surface area (Å²) < 4.78 is 9.41. The summed E-state index contributed by atoms with van der Waals surface area (Å²) in [7, 11) is 1.20. The molecular weight excluding hydrogens is 186 g/mol. The van der Waals surface area contributed by atoms with Crippen molar-refractivity contribution in [3.63, 3.8) is 0 Å². The van der Waals surface area contributed by atoms with Crippen molar-refractivity contribution in [2.45, 2.75) is 26.4 Å². The van der Waals surface area contributed by atoms with Crippen molar-refractivity contribution in [3.05, 3.63) is 0 Å². The Morgan fingerprint density at radius 1 is 1.29 bits per heavy atom. The molecule has 0 saturated carbocycles. The molecular formula is C9H17NO4. The fourth-order valence-corrected chi connectivity index (χ4v) is 0.804. The molecule has 0 bridgehead atoms. The van der Waals surface area contributed by atoms with Gasteiger partial charge in [0.15, 0.2) is 5.92 Å². The predicted molar refractivity (Wildman–Crippen MR) is 50.4 cm³/mol. The standard InChI is InChI=1S/C9H17NO4/c1-9(2,3)14-8(12)6(5-10)7(11)13-4/h6H,5,10H2,1-4H3. The van der Waals surface area contributed by atoms with E-state index in [-0.39, 0.29) is 6.54 Å². The van der Waals surface area contributed by atoms with Gasteiger partial charge >= 0.3 is 11.9 Å². The number of esters is 2. The predicted octanol–water partition coefficient (Wildman–Crippen LogP) is 0.0760. The second kappa shape index (κ2) is 4.95. The zero-order chi connectivity index (χ0) is 11.4. The maximum absolute atomic E-state index is 11.4. The molecule has 1 atom stereocenters. The lowest BCUT2D eigenvalue weighted by molar-refractivity contribution is -0.167. The van der Waals surface area contributed by atoms with Crippen LogP contribution in [0.3, 0.4) is 0 Å². The lowest BCUT2D eigenvalue weighted by Crippen LogP contribution is -2.37. The van der Waals surface area contributed by atoms with Crippen molar-refractivity contribution in [1.82, 2.24) is 0 Å². The highest BCUT2D eigenvalue weighted by molar-refractivity contribution is 5.95. The molecule has 82 valence electrons. The molecule has 0 aliphatic heterocycles. The molecule has 0 heterocycles. The number of hydrogen-bond acceptors (Lipinski definition) is 5. The molecule has 14 heavy (non-hydrogen) atoms. The molecule has 5 heteroatoms. The van der Waals surface area contributed by atoms with E-state index in [4.69, 9.17) is 10.5 Å². The Balaban J connectivity index is 4.40. The Morgan fingerprint density at radius 3 is 2.07 bits per heavy atom. The fraction of sp³-hybridized carbons (Fsp3) is 0.778. The Hall–Kier alpha value is -1.10. The molecule has 0 rings (SSSR count). The van der Waals surface area contributed by atoms with Gasteiger partial charge in [-0.1, -0.05) is 0 Å². The van der Waals surface area contributed by atoms with Gasteiger partial charge in [-0.15, -0.1) is 0 Å². The second-order valence-electron chi connectivity index (χ2n) is 3.84. The van der Waals surface area contributed by atoms with Gasteiger partial charge in [-0.3, -0.25) is 9.59 Å². The maximum Gasteiger partial charge on any atom is 0.322 e. The average molecular weight is 203 g/mol. The molecule has 0 aromatic carbocycles. The van der Waals surface area contributed by atoms with E-state index in [0.29, 0.717) is 0 Å². The van der Waals surface area contributed by atoms with Crippen molar-refractivity contribution in [1.29, 1.82) is 0 Å². The number of methoxy groups -OCH3 is 1. The topological polar surface area (TPSA) is 78.6 Å². The first-order valence-electron chi connectivity index (χ1n) is 4.32. The Labute approximate surface area is 83.5 Å². The molecule has 0 aliphatic carbocycles. The van der Waals surface area contributed by atoms with Gasteiger partial charge in [-0.25, -0.2) is 0 Å². The summed E-state index contributed by atoms with van der Waals surface area (Å²) in [5, 5.41) is 0. The summed E-state index contributed by atoms with van der Waals surface area (Å²) in [4.78, 5) is 22.5. The van der Waals surface area contributed by atoms with Gasteiger partial charge in [0.05, 0.1) is 7.11 Å². The average Bonchev–Trinajstić information content (AvgIpc) is 2.01. The molecule has 0 saturated heterocycles. The molecule has 0 aromatic heterocycles. The fourth-order valence-electron chi connectivity index (χ4n) is 0.804. The summed E-state index contributed by atoms with van der Waals surface area (Å²) in [6, 6.07) is 0. The number of nitrogens with two attached hydrogens (primary N) is 1. The largest absolute Gasteiger partial charge is 0.468 e. The van der Waals surface area contributed by atoms with Crippen LogP contribution < -0.4 is 5.73 Å². The Kier molecular flexibility index (Phi) is 4.56. The molecule has 0 fully saturated rings. The molecule has 0 spiro atoms. The number of carbonyl (C=O) groups is 2. The minimum Gasteiger partial charge on any atom is -0.468 e. The Bertz CT molecular complexity index is 219. The van der Waals surface area contributed by atoms with E-state index in [1.165, 1.54) is 7.11 Å². The van der Waals surface area contributed by atoms with Crippen LogP contribution in [0.5, 0.6) is 0 Å². The van der Waals surface area contributed by atoms with E-state index in [1.807, 2.05) is 0 Å². The van der Waals surface area contributed by atoms with Crippen LogP contribution in [-0.4, -0.2) is 31.2 Å². The minimum absolute atomic E-state index is 0.110. The van der Waals surface area contributed by atoms with Crippen molar-refractivity contribution < 1.29 is 19.1 Å². The van der Waals surface area contributed by atoms with E-state index in [2.05, 4.69) is 4.74 Å². The smallest absolute Gasteiger partial charge is 0.322 e. The third-order valence-electron chi connectivity index (χ3n) is 1.41. The zero-order valence-corrected chi connectivity index (χ0v) is 8.99. The van der Waals surface area contributed by atoms with E-state index < -0.39 is 23.5 Å². The number of hydrogen-bond donors (Lipinski definition) is 1. The summed E-state index contributed by atoms with van der Waals surface area (Å²) in [6.45, 7) is 5.04. The highest BCUT2D eigenvalue weighted by Crippen LogP contribution is 2.11. The highest BCUT2D eigenvalue weighted by Gasteiger charge is 2.30. The lowest BCUT2D eigenvalue weighted by Gasteiger charge is -2.22. The molecule has 5 nitrogen and oxygen atoms in total. The van der Waals surface area contributed by atoms with E-state index in [9.17, 15) is 9.59 Å². The van der Waals surface area contributed by atoms with Crippen LogP contribution in [0.1, 0.15) is 20.8 Å². The van der Waals surface area contributed by atoms with Crippen LogP contribution in [0, 0.1) is 5.92 Å². The summed E-state index contributed by atoms with van der Waals surface area (Å²) in [5.41, 5.74) is 4.64. The molecule has 2 N–H and O–H groups in total. The lowest BCUT2D eigenvalue weighted by atomic mass is 10.1. The number of rotatable bonds is 3. The minimum atomic E-state index is -1.03. The van der Waals surface area contributed by atoms with Crippen LogP contribution in [-0.2, 0) is 19.1 Å². The highest BCUT2D eigenvalue weighted by atomic mass is 16.6. The van der Waals surface area contributed by atoms with Gasteiger partial charge < -0.3 is 15.2 Å². The van der Waals surface area contributed by atoms with E-state index >= 15 is 0 Å². The monoisotopic (exact) mass is 203 g/mol. The van der Waals surface area contributed by atoms with Crippen molar-refractivity contribution in [2.24, 2.45) is 11.7 Å². The number of carbonyl (C=O) groups excluding carboxylic acids is 2. The van der Waals surface area contributed by atoms with Gasteiger partial charge in [0, 0.05) is 6.54 Å². The second-order valence-corrected chi connectivity index (χ2v) is 3.84. The van der Waals surface area contributed by atoms with Gasteiger partial charge in [-0.2, -0.15) is 0 Å². The molecule has 0 aliphatic rings. The van der Waals surface area contributed by atoms with Gasteiger partial charge in [0.25, 0.3) is 0 Å². The third kappa shape index (κ3) is 4.23. The Morgan fingerprint density at radius 2 is 1.79 bits per heavy atom. The molecule has 0 radical (unpaired) electrons. The zero-order valence-electron chi connectivity index (χ0n) is 8.99. The first kappa shape index (κ1) is 12.9. The normalized spacial score (nSPS) is 13.2. The van der Waals surface area contributed by atoms with E-state index in [1.54, 1.807) is 20.8 Å². The number of ether oxygens (including phenoxy) is 2. The molecule has 0 aromatic rings. The summed E-state index contributed by atoms with van der Waals surface area (Å²) >= 11 is 0. The van der Waals surface area contributed by atoms with Crippen molar-refractivity contribution in [3.8, 4) is 0 Å². The van der Waals surface area contributed by atoms with Crippen LogP contribution in [0.25, 0.3) is 0 Å². The van der Waals surface area contributed by atoms with E-state index in [0.717, 1.165) is 0 Å². The third-order valence-corrected chi connectivity index (χ3v) is 1.41. The van der Waals surface area contributed by atoms with Crippen LogP contribution in [0.4, 0.5) is 0 Å². The summed E-state index contributed by atoms with van der Waals surface area (Å²) in [6.07, 6.45) is 0. The quantitative estimate of drug-likeness (QED) is 0.519. The first-order chi connectivity index (χ1) is 6.31. The van der Waals surface area contributed by atoms with Crippen LogP contribution in [0.15, 0.2) is 0 Å². The summed E-state index contributed by atoms with van der Waals surface area (Å²) in [5.74, 6) is -2.34. The van der Waals surface area contributed by atoms with Gasteiger partial charge in [0.1, 0.15) is 5.60 Å². The van der Waals surface area contributed by atoms with Gasteiger partial charge in [0.2, 0.25) is 0 Å². The molecule has 0 amide bonds. The van der Waals surface area contributed by atoms with Gasteiger partial charge in [-0.05, 0) is 20.8 Å². The maximum atomic E-state index is 11.4. The first-order valence-corrected chi connectivity index (χ1v) is 4.32. The van der Waals surface area contributed by atoms with Crippen molar-refractivity contribution in [2.75, 3.05) is 13.7 Å². The molecule has 1 unspecified atom stereocenters. The van der Waals surface area contributed by atoms with Crippen molar-refractivity contribution >= 4 is 11.9 Å². The van der Waals surface area contributed by atoms with Crippen LogP contribution in [0.2, 0.25) is 0 Å².